The Hall–Kier alpha value is -1.28. The fourth-order valence-electron chi connectivity index (χ4n) is 2.86. The predicted octanol–water partition coefficient (Wildman–Crippen LogP) is 3.77. The summed E-state index contributed by atoms with van der Waals surface area (Å²) in [6.07, 6.45) is 7.31. The molecule has 2 aromatic rings. The summed E-state index contributed by atoms with van der Waals surface area (Å²) in [7, 11) is 0. The van der Waals surface area contributed by atoms with Crippen molar-refractivity contribution >= 4 is 11.0 Å². The highest BCUT2D eigenvalue weighted by molar-refractivity contribution is 5.84. The molecule has 2 nitrogen and oxygen atoms in total. The van der Waals surface area contributed by atoms with E-state index in [0.717, 1.165) is 12.1 Å². The highest BCUT2D eigenvalue weighted by atomic mass is 16.3. The molecular formula is C15H19NO. The number of fused-ring (bicyclic) bond motifs is 1. The molecule has 90 valence electrons. The molecular weight excluding hydrogens is 210 g/mol. The predicted molar refractivity (Wildman–Crippen MR) is 70.0 cm³/mol. The average Bonchev–Trinajstić information content (AvgIpc) is 2.95. The Morgan fingerprint density at radius 3 is 2.94 bits per heavy atom. The van der Waals surface area contributed by atoms with Gasteiger partial charge in [0.25, 0.3) is 0 Å². The van der Waals surface area contributed by atoms with Gasteiger partial charge >= 0.3 is 0 Å². The number of furan rings is 1. The summed E-state index contributed by atoms with van der Waals surface area (Å²) in [5.74, 6) is 0. The van der Waals surface area contributed by atoms with E-state index in [1.165, 1.54) is 42.2 Å². The Morgan fingerprint density at radius 2 is 2.12 bits per heavy atom. The molecule has 0 saturated heterocycles. The van der Waals surface area contributed by atoms with Crippen LogP contribution in [-0.4, -0.2) is 6.04 Å². The second-order valence-corrected chi connectivity index (χ2v) is 5.07. The summed E-state index contributed by atoms with van der Waals surface area (Å²) in [4.78, 5) is 0. The van der Waals surface area contributed by atoms with Crippen LogP contribution in [0.5, 0.6) is 0 Å². The summed E-state index contributed by atoms with van der Waals surface area (Å²) in [5.41, 5.74) is 3.61. The van der Waals surface area contributed by atoms with Crippen molar-refractivity contribution in [3.63, 3.8) is 0 Å². The summed E-state index contributed by atoms with van der Waals surface area (Å²) in [5, 5.41) is 4.93. The largest absolute Gasteiger partial charge is 0.464 e. The van der Waals surface area contributed by atoms with Crippen LogP contribution in [0.2, 0.25) is 0 Å². The molecule has 0 bridgehead atoms. The van der Waals surface area contributed by atoms with Gasteiger partial charge in [-0.1, -0.05) is 25.0 Å². The molecule has 2 heteroatoms. The van der Waals surface area contributed by atoms with Crippen molar-refractivity contribution in [1.82, 2.24) is 5.32 Å². The van der Waals surface area contributed by atoms with Gasteiger partial charge in [0.2, 0.25) is 0 Å². The minimum absolute atomic E-state index is 0.712. The van der Waals surface area contributed by atoms with Gasteiger partial charge in [0.05, 0.1) is 6.26 Å². The first-order valence-corrected chi connectivity index (χ1v) is 6.53. The van der Waals surface area contributed by atoms with Gasteiger partial charge in [0.1, 0.15) is 5.58 Å². The third kappa shape index (κ3) is 2.09. The van der Waals surface area contributed by atoms with Crippen LogP contribution in [0.3, 0.4) is 0 Å². The SMILES string of the molecule is Cc1cccc2occ(CNC3CCCC3)c12. The van der Waals surface area contributed by atoms with Crippen molar-refractivity contribution in [2.75, 3.05) is 0 Å². The normalized spacial score (nSPS) is 17.0. The number of nitrogens with one attached hydrogen (secondary N) is 1. The summed E-state index contributed by atoms with van der Waals surface area (Å²) >= 11 is 0. The number of aryl methyl sites for hydroxylation is 1. The van der Waals surface area contributed by atoms with E-state index in [1.54, 1.807) is 0 Å². The molecule has 3 rings (SSSR count). The number of rotatable bonds is 3. The van der Waals surface area contributed by atoms with Gasteiger partial charge in [-0.25, -0.2) is 0 Å². The molecule has 1 aliphatic rings. The molecule has 1 heterocycles. The molecule has 0 unspecified atom stereocenters. The van der Waals surface area contributed by atoms with Crippen LogP contribution >= 0.6 is 0 Å². The first-order valence-electron chi connectivity index (χ1n) is 6.53. The zero-order valence-corrected chi connectivity index (χ0v) is 10.3. The van der Waals surface area contributed by atoms with E-state index in [9.17, 15) is 0 Å². The smallest absolute Gasteiger partial charge is 0.134 e. The van der Waals surface area contributed by atoms with Crippen molar-refractivity contribution < 1.29 is 4.42 Å². The molecule has 0 spiro atoms. The van der Waals surface area contributed by atoms with Crippen molar-refractivity contribution in [2.24, 2.45) is 0 Å². The van der Waals surface area contributed by atoms with E-state index in [4.69, 9.17) is 4.42 Å². The van der Waals surface area contributed by atoms with Gasteiger partial charge in [-0.05, 0) is 31.4 Å². The second kappa shape index (κ2) is 4.53. The summed E-state index contributed by atoms with van der Waals surface area (Å²) in [6.45, 7) is 3.08. The Morgan fingerprint density at radius 1 is 1.29 bits per heavy atom. The molecule has 1 aliphatic carbocycles. The molecule has 0 aliphatic heterocycles. The average molecular weight is 229 g/mol. The first kappa shape index (κ1) is 10.8. The fraction of sp³-hybridized carbons (Fsp3) is 0.467. The van der Waals surface area contributed by atoms with Crippen LogP contribution in [-0.2, 0) is 6.54 Å². The third-order valence-corrected chi connectivity index (χ3v) is 3.82. The lowest BCUT2D eigenvalue weighted by Gasteiger charge is -2.10. The van der Waals surface area contributed by atoms with Gasteiger partial charge in [-0.2, -0.15) is 0 Å². The number of benzene rings is 1. The van der Waals surface area contributed by atoms with Gasteiger partial charge < -0.3 is 9.73 Å². The molecule has 1 aromatic heterocycles. The summed E-state index contributed by atoms with van der Waals surface area (Å²) < 4.78 is 5.61. The lowest BCUT2D eigenvalue weighted by molar-refractivity contribution is 0.520. The van der Waals surface area contributed by atoms with Crippen molar-refractivity contribution in [1.29, 1.82) is 0 Å². The fourth-order valence-corrected chi connectivity index (χ4v) is 2.86. The van der Waals surface area contributed by atoms with E-state index in [2.05, 4.69) is 24.4 Å². The maximum Gasteiger partial charge on any atom is 0.134 e. The maximum atomic E-state index is 5.61. The number of hydrogen-bond acceptors (Lipinski definition) is 2. The molecule has 0 radical (unpaired) electrons. The molecule has 1 aromatic carbocycles. The van der Waals surface area contributed by atoms with Gasteiger partial charge in [-0.3, -0.25) is 0 Å². The van der Waals surface area contributed by atoms with Gasteiger partial charge in [0.15, 0.2) is 0 Å². The van der Waals surface area contributed by atoms with Crippen molar-refractivity contribution in [3.05, 3.63) is 35.6 Å². The zero-order chi connectivity index (χ0) is 11.7. The van der Waals surface area contributed by atoms with Crippen LogP contribution in [0.4, 0.5) is 0 Å². The van der Waals surface area contributed by atoms with E-state index in [1.807, 2.05) is 12.3 Å². The van der Waals surface area contributed by atoms with Crippen LogP contribution in [0.25, 0.3) is 11.0 Å². The Bertz CT molecular complexity index is 509. The van der Waals surface area contributed by atoms with Crippen LogP contribution in [0.1, 0.15) is 36.8 Å². The summed E-state index contributed by atoms with van der Waals surface area (Å²) in [6, 6.07) is 6.96. The minimum atomic E-state index is 0.712. The van der Waals surface area contributed by atoms with E-state index >= 15 is 0 Å². The lowest BCUT2D eigenvalue weighted by atomic mass is 10.1. The zero-order valence-electron chi connectivity index (χ0n) is 10.3. The highest BCUT2D eigenvalue weighted by Gasteiger charge is 2.15. The van der Waals surface area contributed by atoms with E-state index < -0.39 is 0 Å². The molecule has 17 heavy (non-hydrogen) atoms. The Kier molecular flexibility index (Phi) is 2.89. The van der Waals surface area contributed by atoms with E-state index in [-0.39, 0.29) is 0 Å². The minimum Gasteiger partial charge on any atom is -0.464 e. The topological polar surface area (TPSA) is 25.2 Å². The standard InChI is InChI=1S/C15H19NO/c1-11-5-4-8-14-15(11)12(10-17-14)9-16-13-6-2-3-7-13/h4-5,8,10,13,16H,2-3,6-7,9H2,1H3. The monoisotopic (exact) mass is 229 g/mol. The molecule has 0 amide bonds. The van der Waals surface area contributed by atoms with Crippen molar-refractivity contribution in [3.8, 4) is 0 Å². The van der Waals surface area contributed by atoms with Gasteiger partial charge in [0, 0.05) is 23.5 Å². The number of hydrogen-bond donors (Lipinski definition) is 1. The second-order valence-electron chi connectivity index (χ2n) is 5.07. The van der Waals surface area contributed by atoms with Crippen LogP contribution < -0.4 is 5.32 Å². The first-order chi connectivity index (χ1) is 8.34. The maximum absolute atomic E-state index is 5.61. The molecule has 1 saturated carbocycles. The molecule has 1 N–H and O–H groups in total. The van der Waals surface area contributed by atoms with Crippen LogP contribution in [0, 0.1) is 6.92 Å². The lowest BCUT2D eigenvalue weighted by Crippen LogP contribution is -2.25. The Labute approximate surface area is 102 Å². The highest BCUT2D eigenvalue weighted by Crippen LogP contribution is 2.25. The van der Waals surface area contributed by atoms with Crippen LogP contribution in [0.15, 0.2) is 28.9 Å². The van der Waals surface area contributed by atoms with E-state index in [0.29, 0.717) is 6.04 Å². The molecule has 0 atom stereocenters. The Balaban J connectivity index is 1.80. The van der Waals surface area contributed by atoms with Gasteiger partial charge in [-0.15, -0.1) is 0 Å². The molecule has 1 fully saturated rings. The van der Waals surface area contributed by atoms with Crippen molar-refractivity contribution in [2.45, 2.75) is 45.2 Å². The quantitative estimate of drug-likeness (QED) is 0.866. The third-order valence-electron chi connectivity index (χ3n) is 3.82.